The smallest absolute Gasteiger partial charge is 0.343 e. The number of nitrogens with one attached hydrogen (secondary N) is 1. The molecule has 0 unspecified atom stereocenters. The first-order chi connectivity index (χ1) is 9.74. The molecule has 0 bridgehead atoms. The van der Waals surface area contributed by atoms with Gasteiger partial charge in [0, 0.05) is 7.05 Å². The fourth-order valence-electron chi connectivity index (χ4n) is 1.68. The highest BCUT2D eigenvalue weighted by Crippen LogP contribution is 2.19. The van der Waals surface area contributed by atoms with Gasteiger partial charge in [-0.3, -0.25) is 9.48 Å². The van der Waals surface area contributed by atoms with Gasteiger partial charge in [-0.2, -0.15) is 9.82 Å². The number of rotatable bonds is 6. The minimum absolute atomic E-state index is 0.0994. The fourth-order valence-corrected chi connectivity index (χ4v) is 3.01. The number of aryl methyl sites for hydroxylation is 2. The molecule has 0 amide bonds. The highest BCUT2D eigenvalue weighted by Gasteiger charge is 2.31. The standard InChI is InChI=1S/C11H17N3O6S/c1-5-20-11(16)9-7(2)13-14(3)10(9)21(17,18)12-6-8(15)19-4/h12H,5-6H2,1-4H3. The maximum Gasteiger partial charge on any atom is 0.343 e. The molecule has 1 heterocycles. The number of hydrogen-bond donors (Lipinski definition) is 1. The predicted octanol–water partition coefficient (Wildman–Crippen LogP) is -0.643. The minimum atomic E-state index is -4.12. The van der Waals surface area contributed by atoms with Gasteiger partial charge in [0.1, 0.15) is 12.1 Å². The van der Waals surface area contributed by atoms with Gasteiger partial charge >= 0.3 is 11.9 Å². The molecule has 0 spiro atoms. The van der Waals surface area contributed by atoms with E-state index in [0.29, 0.717) is 0 Å². The van der Waals surface area contributed by atoms with Crippen LogP contribution in [0.4, 0.5) is 0 Å². The van der Waals surface area contributed by atoms with Crippen molar-refractivity contribution in [3.63, 3.8) is 0 Å². The molecule has 0 aliphatic carbocycles. The van der Waals surface area contributed by atoms with E-state index in [-0.39, 0.29) is 22.9 Å². The Labute approximate surface area is 122 Å². The van der Waals surface area contributed by atoms with E-state index in [1.165, 1.54) is 14.0 Å². The van der Waals surface area contributed by atoms with Crippen molar-refractivity contribution < 1.29 is 27.5 Å². The first-order valence-corrected chi connectivity index (χ1v) is 7.50. The predicted molar refractivity (Wildman–Crippen MR) is 71.1 cm³/mol. The second-order valence-electron chi connectivity index (χ2n) is 4.01. The zero-order chi connectivity index (χ0) is 16.2. The zero-order valence-corrected chi connectivity index (χ0v) is 13.0. The Morgan fingerprint density at radius 3 is 2.52 bits per heavy atom. The van der Waals surface area contributed by atoms with Crippen LogP contribution in [0.1, 0.15) is 23.0 Å². The first-order valence-electron chi connectivity index (χ1n) is 6.01. The normalized spacial score (nSPS) is 11.2. The SMILES string of the molecule is CCOC(=O)c1c(C)nn(C)c1S(=O)(=O)NCC(=O)OC. The summed E-state index contributed by atoms with van der Waals surface area (Å²) in [6, 6.07) is 0. The molecule has 118 valence electrons. The second-order valence-corrected chi connectivity index (χ2v) is 5.69. The third kappa shape index (κ3) is 3.79. The van der Waals surface area contributed by atoms with E-state index >= 15 is 0 Å². The Hall–Kier alpha value is -1.94. The van der Waals surface area contributed by atoms with Crippen molar-refractivity contribution in [3.05, 3.63) is 11.3 Å². The van der Waals surface area contributed by atoms with Crippen LogP contribution in [0.2, 0.25) is 0 Å². The zero-order valence-electron chi connectivity index (χ0n) is 12.2. The summed E-state index contributed by atoms with van der Waals surface area (Å²) in [6.45, 7) is 2.65. The van der Waals surface area contributed by atoms with Crippen LogP contribution in [0, 0.1) is 6.92 Å². The number of ether oxygens (including phenoxy) is 2. The average molecular weight is 319 g/mol. The maximum absolute atomic E-state index is 12.2. The van der Waals surface area contributed by atoms with Crippen LogP contribution in [0.5, 0.6) is 0 Å². The molecular weight excluding hydrogens is 302 g/mol. The van der Waals surface area contributed by atoms with E-state index in [2.05, 4.69) is 9.84 Å². The number of esters is 2. The molecule has 0 saturated heterocycles. The van der Waals surface area contributed by atoms with Crippen LogP contribution in [-0.2, 0) is 31.3 Å². The number of methoxy groups -OCH3 is 1. The molecule has 0 radical (unpaired) electrons. The Morgan fingerprint density at radius 1 is 1.38 bits per heavy atom. The third-order valence-corrected chi connectivity index (χ3v) is 4.04. The van der Waals surface area contributed by atoms with Crippen molar-refractivity contribution in [2.24, 2.45) is 7.05 Å². The quantitative estimate of drug-likeness (QED) is 0.693. The van der Waals surface area contributed by atoms with Gasteiger partial charge in [0.15, 0.2) is 5.03 Å². The number of carbonyl (C=O) groups excluding carboxylic acids is 2. The van der Waals surface area contributed by atoms with Gasteiger partial charge in [0.25, 0.3) is 10.0 Å². The summed E-state index contributed by atoms with van der Waals surface area (Å²) in [5, 5.41) is 3.55. The van der Waals surface area contributed by atoms with Gasteiger partial charge in [-0.25, -0.2) is 13.2 Å². The van der Waals surface area contributed by atoms with Crippen LogP contribution in [0.3, 0.4) is 0 Å². The lowest BCUT2D eigenvalue weighted by Gasteiger charge is -2.08. The monoisotopic (exact) mass is 319 g/mol. The molecule has 1 rings (SSSR count). The van der Waals surface area contributed by atoms with Crippen molar-refractivity contribution in [1.82, 2.24) is 14.5 Å². The molecule has 9 nitrogen and oxygen atoms in total. The van der Waals surface area contributed by atoms with E-state index in [9.17, 15) is 18.0 Å². The van der Waals surface area contributed by atoms with Crippen LogP contribution in [0.25, 0.3) is 0 Å². The summed E-state index contributed by atoms with van der Waals surface area (Å²) < 4.78 is 36.7. The molecule has 0 atom stereocenters. The molecule has 0 aromatic carbocycles. The highest BCUT2D eigenvalue weighted by atomic mass is 32.2. The van der Waals surface area contributed by atoms with E-state index in [1.807, 2.05) is 4.72 Å². The van der Waals surface area contributed by atoms with E-state index in [0.717, 1.165) is 11.8 Å². The summed E-state index contributed by atoms with van der Waals surface area (Å²) >= 11 is 0. The van der Waals surface area contributed by atoms with E-state index in [1.54, 1.807) is 6.92 Å². The molecule has 0 fully saturated rings. The molecule has 1 aromatic heterocycles. The van der Waals surface area contributed by atoms with Gasteiger partial charge in [0.2, 0.25) is 0 Å². The molecule has 0 saturated carbocycles. The van der Waals surface area contributed by atoms with Crippen LogP contribution in [-0.4, -0.2) is 50.4 Å². The van der Waals surface area contributed by atoms with Gasteiger partial charge < -0.3 is 9.47 Å². The Morgan fingerprint density at radius 2 is 2.00 bits per heavy atom. The van der Waals surface area contributed by atoms with Gasteiger partial charge in [-0.05, 0) is 13.8 Å². The molecule has 21 heavy (non-hydrogen) atoms. The summed E-state index contributed by atoms with van der Waals surface area (Å²) in [7, 11) is -1.61. The summed E-state index contributed by atoms with van der Waals surface area (Å²) in [5.74, 6) is -1.54. The molecule has 1 N–H and O–H groups in total. The summed E-state index contributed by atoms with van der Waals surface area (Å²) in [5.41, 5.74) is 0.0612. The Balaban J connectivity index is 3.22. The molecule has 10 heteroatoms. The lowest BCUT2D eigenvalue weighted by Crippen LogP contribution is -2.32. The maximum atomic E-state index is 12.2. The third-order valence-electron chi connectivity index (χ3n) is 2.54. The Bertz CT molecular complexity index is 649. The number of aromatic nitrogens is 2. The lowest BCUT2D eigenvalue weighted by molar-refractivity contribution is -0.139. The lowest BCUT2D eigenvalue weighted by atomic mass is 10.3. The number of nitrogens with zero attached hydrogens (tertiary/aromatic N) is 2. The van der Waals surface area contributed by atoms with Gasteiger partial charge in [-0.1, -0.05) is 0 Å². The molecule has 0 aliphatic rings. The van der Waals surface area contributed by atoms with Crippen molar-refractivity contribution in [1.29, 1.82) is 0 Å². The van der Waals surface area contributed by atoms with Crippen molar-refractivity contribution in [2.75, 3.05) is 20.3 Å². The van der Waals surface area contributed by atoms with Crippen LogP contribution >= 0.6 is 0 Å². The summed E-state index contributed by atoms with van der Waals surface area (Å²) in [4.78, 5) is 22.9. The number of sulfonamides is 1. The average Bonchev–Trinajstić information content (AvgIpc) is 2.71. The van der Waals surface area contributed by atoms with Gasteiger partial charge in [0.05, 0.1) is 19.4 Å². The van der Waals surface area contributed by atoms with Crippen molar-refractivity contribution >= 4 is 22.0 Å². The highest BCUT2D eigenvalue weighted by molar-refractivity contribution is 7.89. The van der Waals surface area contributed by atoms with Crippen molar-refractivity contribution in [3.8, 4) is 0 Å². The van der Waals surface area contributed by atoms with Crippen molar-refractivity contribution in [2.45, 2.75) is 18.9 Å². The van der Waals surface area contributed by atoms with E-state index < -0.39 is 28.5 Å². The fraction of sp³-hybridized carbons (Fsp3) is 0.545. The summed E-state index contributed by atoms with van der Waals surface area (Å²) in [6.07, 6.45) is 0. The topological polar surface area (TPSA) is 117 Å². The number of hydrogen-bond acceptors (Lipinski definition) is 7. The molecular formula is C11H17N3O6S. The minimum Gasteiger partial charge on any atom is -0.468 e. The molecule has 1 aromatic rings. The van der Waals surface area contributed by atoms with E-state index in [4.69, 9.17) is 4.74 Å². The van der Waals surface area contributed by atoms with Gasteiger partial charge in [-0.15, -0.1) is 0 Å². The number of carbonyl (C=O) groups is 2. The van der Waals surface area contributed by atoms with Crippen LogP contribution < -0.4 is 4.72 Å². The largest absolute Gasteiger partial charge is 0.468 e. The molecule has 0 aliphatic heterocycles. The first kappa shape index (κ1) is 17.1. The van der Waals surface area contributed by atoms with Crippen LogP contribution in [0.15, 0.2) is 5.03 Å². The Kier molecular flexibility index (Phi) is 5.44. The second kappa shape index (κ2) is 6.68.